The summed E-state index contributed by atoms with van der Waals surface area (Å²) in [4.78, 5) is 11.6. The fourth-order valence-corrected chi connectivity index (χ4v) is 2.52. The summed E-state index contributed by atoms with van der Waals surface area (Å²) in [5.74, 6) is -2.25. The van der Waals surface area contributed by atoms with E-state index in [4.69, 9.17) is 0 Å². The number of benzene rings is 2. The molecule has 2 aromatic carbocycles. The highest BCUT2D eigenvalue weighted by atomic mass is 16.5. The van der Waals surface area contributed by atoms with Crippen LogP contribution in [0.5, 0.6) is 23.0 Å². The van der Waals surface area contributed by atoms with Crippen molar-refractivity contribution in [2.45, 2.75) is 25.4 Å². The highest BCUT2D eigenvalue weighted by Crippen LogP contribution is 2.32. The van der Waals surface area contributed by atoms with Crippen LogP contribution in [0.1, 0.15) is 24.1 Å². The fraction of sp³-hybridized carbons (Fsp3) is 0.235. The van der Waals surface area contributed by atoms with Crippen LogP contribution in [0.2, 0.25) is 0 Å². The topological polar surface area (TPSA) is 142 Å². The van der Waals surface area contributed by atoms with Crippen LogP contribution in [0.25, 0.3) is 0 Å². The summed E-state index contributed by atoms with van der Waals surface area (Å²) >= 11 is 0. The molecule has 25 heavy (non-hydrogen) atoms. The van der Waals surface area contributed by atoms with Gasteiger partial charge >= 0.3 is 5.97 Å². The number of phenolic OH excluding ortho intramolecular Hbond substituents is 4. The van der Waals surface area contributed by atoms with E-state index in [0.29, 0.717) is 5.06 Å². The molecule has 2 aromatic rings. The lowest BCUT2D eigenvalue weighted by atomic mass is 10.0. The minimum atomic E-state index is -1.42. The first-order chi connectivity index (χ1) is 11.7. The van der Waals surface area contributed by atoms with Crippen LogP contribution in [0, 0.1) is 0 Å². The number of hydroxylamine groups is 2. The van der Waals surface area contributed by atoms with Gasteiger partial charge in [-0.15, -0.1) is 0 Å². The highest BCUT2D eigenvalue weighted by molar-refractivity contribution is 5.74. The molecule has 8 nitrogen and oxygen atoms in total. The Hall–Kier alpha value is -2.97. The normalized spacial score (nSPS) is 13.6. The van der Waals surface area contributed by atoms with Gasteiger partial charge in [-0.2, -0.15) is 5.06 Å². The van der Waals surface area contributed by atoms with Crippen molar-refractivity contribution in [2.75, 3.05) is 0 Å². The van der Waals surface area contributed by atoms with Gasteiger partial charge in [-0.3, -0.25) is 4.79 Å². The number of carbonyl (C=O) groups is 1. The molecule has 0 aliphatic rings. The number of carboxylic acids is 1. The number of nitrogens with zero attached hydrogens (tertiary/aromatic N) is 1. The predicted octanol–water partition coefficient (Wildman–Crippen LogP) is 1.96. The molecule has 0 saturated carbocycles. The quantitative estimate of drug-likeness (QED) is 0.435. The molecule has 0 spiro atoms. The summed E-state index contributed by atoms with van der Waals surface area (Å²) in [5.41, 5.74) is 0.452. The lowest BCUT2D eigenvalue weighted by Crippen LogP contribution is -2.42. The van der Waals surface area contributed by atoms with Crippen molar-refractivity contribution in [3.8, 4) is 23.0 Å². The molecule has 0 aliphatic carbocycles. The number of aliphatic carboxylic acids is 1. The maximum absolute atomic E-state index is 11.6. The van der Waals surface area contributed by atoms with Crippen LogP contribution in [-0.4, -0.2) is 47.8 Å². The average molecular weight is 349 g/mol. The van der Waals surface area contributed by atoms with Crippen molar-refractivity contribution in [3.63, 3.8) is 0 Å². The van der Waals surface area contributed by atoms with Gasteiger partial charge < -0.3 is 30.7 Å². The summed E-state index contributed by atoms with van der Waals surface area (Å²) in [6.07, 6.45) is -0.235. The van der Waals surface area contributed by atoms with E-state index >= 15 is 0 Å². The third-order valence-corrected chi connectivity index (χ3v) is 3.95. The molecule has 0 amide bonds. The van der Waals surface area contributed by atoms with Gasteiger partial charge in [0.15, 0.2) is 0 Å². The number of aromatic hydroxyl groups is 4. The Morgan fingerprint density at radius 2 is 1.56 bits per heavy atom. The van der Waals surface area contributed by atoms with Crippen molar-refractivity contribution in [1.82, 2.24) is 5.06 Å². The van der Waals surface area contributed by atoms with E-state index in [1.165, 1.54) is 31.2 Å². The second-order valence-corrected chi connectivity index (χ2v) is 5.67. The Labute approximate surface area is 143 Å². The maximum Gasteiger partial charge on any atom is 0.323 e. The monoisotopic (exact) mass is 349 g/mol. The summed E-state index contributed by atoms with van der Waals surface area (Å²) in [6, 6.07) is 5.17. The third kappa shape index (κ3) is 4.11. The van der Waals surface area contributed by atoms with Gasteiger partial charge in [0.2, 0.25) is 0 Å². The first-order valence-electron chi connectivity index (χ1n) is 7.43. The molecule has 0 radical (unpaired) electrons. The van der Waals surface area contributed by atoms with Crippen molar-refractivity contribution in [3.05, 3.63) is 47.5 Å². The zero-order valence-electron chi connectivity index (χ0n) is 13.4. The zero-order chi connectivity index (χ0) is 18.7. The third-order valence-electron chi connectivity index (χ3n) is 3.95. The van der Waals surface area contributed by atoms with Crippen molar-refractivity contribution in [1.29, 1.82) is 0 Å². The molecule has 2 atom stereocenters. The number of carboxylic acid groups (broad SMARTS) is 1. The Bertz CT molecular complexity index is 778. The molecule has 0 fully saturated rings. The minimum Gasteiger partial charge on any atom is -0.508 e. The van der Waals surface area contributed by atoms with Crippen LogP contribution >= 0.6 is 0 Å². The molecule has 0 aromatic heterocycles. The van der Waals surface area contributed by atoms with Crippen LogP contribution < -0.4 is 0 Å². The molecule has 8 heteroatoms. The van der Waals surface area contributed by atoms with Crippen LogP contribution in [-0.2, 0) is 11.2 Å². The molecule has 0 aliphatic heterocycles. The van der Waals surface area contributed by atoms with Gasteiger partial charge in [0.25, 0.3) is 0 Å². The predicted molar refractivity (Wildman–Crippen MR) is 86.7 cm³/mol. The largest absolute Gasteiger partial charge is 0.508 e. The first-order valence-corrected chi connectivity index (χ1v) is 7.43. The van der Waals surface area contributed by atoms with E-state index in [1.807, 2.05) is 0 Å². The maximum atomic E-state index is 11.6. The second-order valence-electron chi connectivity index (χ2n) is 5.67. The summed E-state index contributed by atoms with van der Waals surface area (Å²) in [5, 5.41) is 58.6. The first kappa shape index (κ1) is 18.4. The van der Waals surface area contributed by atoms with Crippen LogP contribution in [0.4, 0.5) is 0 Å². The smallest absolute Gasteiger partial charge is 0.323 e. The van der Waals surface area contributed by atoms with E-state index < -0.39 is 18.1 Å². The van der Waals surface area contributed by atoms with Crippen LogP contribution in [0.3, 0.4) is 0 Å². The Morgan fingerprint density at radius 1 is 1.00 bits per heavy atom. The summed E-state index contributed by atoms with van der Waals surface area (Å²) in [6.45, 7) is 1.48. The number of hydrogen-bond donors (Lipinski definition) is 6. The standard InChI is InChI=1S/C17H19NO7/c1-9(13-5-4-12(20)8-16(13)22)18(25)14(17(23)24)6-10-2-3-11(19)7-15(10)21/h2-5,7-9,14,19-22,25H,6H2,1H3,(H,23,24). The molecule has 0 saturated heterocycles. The van der Waals surface area contributed by atoms with Crippen molar-refractivity contribution >= 4 is 5.97 Å². The lowest BCUT2D eigenvalue weighted by molar-refractivity contribution is -0.183. The number of phenols is 4. The van der Waals surface area contributed by atoms with Gasteiger partial charge in [0, 0.05) is 24.1 Å². The van der Waals surface area contributed by atoms with E-state index in [-0.39, 0.29) is 40.5 Å². The zero-order valence-corrected chi connectivity index (χ0v) is 13.4. The SMILES string of the molecule is CC(c1ccc(O)cc1O)N(O)C(Cc1ccc(O)cc1O)C(=O)O. The molecule has 6 N–H and O–H groups in total. The van der Waals surface area contributed by atoms with Gasteiger partial charge in [0.05, 0.1) is 6.04 Å². The fourth-order valence-electron chi connectivity index (χ4n) is 2.52. The summed E-state index contributed by atoms with van der Waals surface area (Å²) < 4.78 is 0. The summed E-state index contributed by atoms with van der Waals surface area (Å²) in [7, 11) is 0. The number of rotatable bonds is 6. The lowest BCUT2D eigenvalue weighted by Gasteiger charge is -2.29. The average Bonchev–Trinajstić information content (AvgIpc) is 2.52. The highest BCUT2D eigenvalue weighted by Gasteiger charge is 2.31. The van der Waals surface area contributed by atoms with E-state index in [9.17, 15) is 35.5 Å². The van der Waals surface area contributed by atoms with E-state index in [0.717, 1.165) is 12.1 Å². The van der Waals surface area contributed by atoms with Gasteiger partial charge in [-0.1, -0.05) is 6.07 Å². The molecule has 2 rings (SSSR count). The Kier molecular flexibility index (Phi) is 5.35. The molecule has 0 heterocycles. The van der Waals surface area contributed by atoms with E-state index in [2.05, 4.69) is 0 Å². The molecular formula is C17H19NO7. The molecule has 134 valence electrons. The Morgan fingerprint density at radius 3 is 2.08 bits per heavy atom. The van der Waals surface area contributed by atoms with Crippen molar-refractivity contribution in [2.24, 2.45) is 0 Å². The van der Waals surface area contributed by atoms with Gasteiger partial charge in [-0.25, -0.2) is 0 Å². The Balaban J connectivity index is 2.28. The van der Waals surface area contributed by atoms with Crippen LogP contribution in [0.15, 0.2) is 36.4 Å². The molecular weight excluding hydrogens is 330 g/mol. The minimum absolute atomic E-state index is 0.165. The van der Waals surface area contributed by atoms with Gasteiger partial charge in [-0.05, 0) is 30.7 Å². The number of hydrogen-bond acceptors (Lipinski definition) is 7. The van der Waals surface area contributed by atoms with Crippen molar-refractivity contribution < 1.29 is 35.5 Å². The molecule has 0 bridgehead atoms. The van der Waals surface area contributed by atoms with E-state index in [1.54, 1.807) is 0 Å². The second kappa shape index (κ2) is 7.29. The van der Waals surface area contributed by atoms with Gasteiger partial charge in [0.1, 0.15) is 29.0 Å². The molecule has 2 unspecified atom stereocenters.